The number of hydrogen-bond donors (Lipinski definition) is 2. The fourth-order valence-electron chi connectivity index (χ4n) is 3.32. The third-order valence-electron chi connectivity index (χ3n) is 4.86. The minimum absolute atomic E-state index is 0.304. The van der Waals surface area contributed by atoms with Crippen molar-refractivity contribution >= 4 is 5.91 Å². The van der Waals surface area contributed by atoms with Crippen LogP contribution in [0.15, 0.2) is 54.6 Å². The Labute approximate surface area is 157 Å². The maximum atomic E-state index is 12.7. The molecule has 0 saturated heterocycles. The summed E-state index contributed by atoms with van der Waals surface area (Å²) in [5, 5.41) is 10.5. The van der Waals surface area contributed by atoms with Gasteiger partial charge >= 0.3 is 0 Å². The Balaban J connectivity index is 1.50. The number of benzene rings is 2. The Hall–Kier alpha value is -3.12. The van der Waals surface area contributed by atoms with Gasteiger partial charge in [0.2, 0.25) is 0 Å². The van der Waals surface area contributed by atoms with Crippen molar-refractivity contribution in [3.63, 3.8) is 0 Å². The van der Waals surface area contributed by atoms with Gasteiger partial charge in [-0.05, 0) is 17.7 Å². The molecule has 2 N–H and O–H groups in total. The van der Waals surface area contributed by atoms with Crippen molar-refractivity contribution in [3.8, 4) is 17.1 Å². The van der Waals surface area contributed by atoms with Crippen LogP contribution in [0.4, 0.5) is 0 Å². The highest BCUT2D eigenvalue weighted by molar-refractivity contribution is 5.82. The van der Waals surface area contributed by atoms with Crippen LogP contribution < -0.4 is 4.74 Å². The van der Waals surface area contributed by atoms with Gasteiger partial charge in [0.05, 0.1) is 25.0 Å². The molecule has 27 heavy (non-hydrogen) atoms. The molecule has 0 radical (unpaired) electrons. The van der Waals surface area contributed by atoms with Crippen molar-refractivity contribution in [2.75, 3.05) is 13.7 Å². The number of aromatic amines is 1. The summed E-state index contributed by atoms with van der Waals surface area (Å²) in [6, 6.07) is 16.8. The van der Waals surface area contributed by atoms with Gasteiger partial charge < -0.3 is 19.7 Å². The molecule has 0 bridgehead atoms. The fourth-order valence-corrected chi connectivity index (χ4v) is 3.32. The number of amides is 1. The zero-order valence-electron chi connectivity index (χ0n) is 15.1. The summed E-state index contributed by atoms with van der Waals surface area (Å²) in [6.45, 7) is 0.958. The van der Waals surface area contributed by atoms with E-state index in [1.165, 1.54) is 0 Å². The number of aliphatic hydroxyl groups excluding tert-OH is 1. The first-order valence-electron chi connectivity index (χ1n) is 8.89. The molecule has 2 heterocycles. The number of fused-ring (bicyclic) bond motifs is 1. The number of rotatable bonds is 4. The van der Waals surface area contributed by atoms with Crippen LogP contribution in [0.5, 0.6) is 5.75 Å². The van der Waals surface area contributed by atoms with Crippen LogP contribution in [-0.2, 0) is 17.8 Å². The molecule has 0 saturated carbocycles. The quantitative estimate of drug-likeness (QED) is 0.747. The monoisotopic (exact) mass is 363 g/mol. The number of carbonyl (C=O) groups is 1. The van der Waals surface area contributed by atoms with E-state index in [-0.39, 0.29) is 5.91 Å². The molecule has 1 atom stereocenters. The number of imidazole rings is 1. The molecule has 6 heteroatoms. The Morgan fingerprint density at radius 1 is 1.19 bits per heavy atom. The third-order valence-corrected chi connectivity index (χ3v) is 4.86. The van der Waals surface area contributed by atoms with Crippen LogP contribution in [0.1, 0.15) is 23.1 Å². The minimum Gasteiger partial charge on any atom is -0.497 e. The summed E-state index contributed by atoms with van der Waals surface area (Å²) in [5.41, 5.74) is 3.48. The zero-order chi connectivity index (χ0) is 18.8. The molecule has 2 aromatic carbocycles. The number of aliphatic hydroxyl groups is 1. The molecule has 0 aliphatic carbocycles. The number of H-pyrrole nitrogens is 1. The highest BCUT2D eigenvalue weighted by Crippen LogP contribution is 2.25. The van der Waals surface area contributed by atoms with Crippen LogP contribution in [0, 0.1) is 0 Å². The summed E-state index contributed by atoms with van der Waals surface area (Å²) in [5.74, 6) is 1.19. The van der Waals surface area contributed by atoms with E-state index < -0.39 is 6.10 Å². The van der Waals surface area contributed by atoms with Gasteiger partial charge in [0, 0.05) is 18.5 Å². The van der Waals surface area contributed by atoms with Crippen molar-refractivity contribution < 1.29 is 14.6 Å². The van der Waals surface area contributed by atoms with Gasteiger partial charge in [-0.2, -0.15) is 0 Å². The minimum atomic E-state index is -1.19. The average Bonchev–Trinajstić information content (AvgIpc) is 3.17. The topological polar surface area (TPSA) is 78.5 Å². The molecule has 1 aromatic heterocycles. The highest BCUT2D eigenvalue weighted by Gasteiger charge is 2.28. The molecule has 1 aliphatic heterocycles. The number of nitrogens with one attached hydrogen (secondary N) is 1. The van der Waals surface area contributed by atoms with Crippen molar-refractivity contribution in [1.29, 1.82) is 0 Å². The van der Waals surface area contributed by atoms with Crippen LogP contribution in [0.25, 0.3) is 11.4 Å². The third kappa shape index (κ3) is 3.44. The van der Waals surface area contributed by atoms with E-state index in [0.717, 1.165) is 22.8 Å². The molecule has 1 unspecified atom stereocenters. The highest BCUT2D eigenvalue weighted by atomic mass is 16.5. The van der Waals surface area contributed by atoms with E-state index >= 15 is 0 Å². The Morgan fingerprint density at radius 3 is 2.63 bits per heavy atom. The summed E-state index contributed by atoms with van der Waals surface area (Å²) in [4.78, 5) is 22.4. The molecular weight excluding hydrogens is 342 g/mol. The second-order valence-electron chi connectivity index (χ2n) is 6.56. The first-order valence-corrected chi connectivity index (χ1v) is 8.89. The Bertz CT molecular complexity index is 935. The number of nitrogens with zero attached hydrogens (tertiary/aromatic N) is 2. The molecule has 1 aliphatic rings. The van der Waals surface area contributed by atoms with Crippen LogP contribution in [0.3, 0.4) is 0 Å². The van der Waals surface area contributed by atoms with E-state index in [0.29, 0.717) is 30.8 Å². The van der Waals surface area contributed by atoms with E-state index in [2.05, 4.69) is 9.97 Å². The van der Waals surface area contributed by atoms with Crippen LogP contribution in [-0.4, -0.2) is 39.5 Å². The lowest BCUT2D eigenvalue weighted by atomic mass is 10.1. The maximum absolute atomic E-state index is 12.7. The lowest BCUT2D eigenvalue weighted by Crippen LogP contribution is -2.39. The number of hydrogen-bond acceptors (Lipinski definition) is 4. The van der Waals surface area contributed by atoms with Gasteiger partial charge in [0.1, 0.15) is 11.6 Å². The summed E-state index contributed by atoms with van der Waals surface area (Å²) >= 11 is 0. The smallest absolute Gasteiger partial charge is 0.256 e. The molecule has 0 spiro atoms. The number of methoxy groups -OCH3 is 1. The summed E-state index contributed by atoms with van der Waals surface area (Å²) in [7, 11) is 1.58. The van der Waals surface area contributed by atoms with Crippen molar-refractivity contribution in [1.82, 2.24) is 14.9 Å². The standard InChI is InChI=1S/C21H21N3O3/c1-27-16-9-7-14(8-10-16)19(25)21(26)24-12-11-17-18(13-24)23-20(22-17)15-5-3-2-4-6-15/h2-10,19,25H,11-13H2,1H3,(H,22,23). The van der Waals surface area contributed by atoms with Gasteiger partial charge in [0.15, 0.2) is 6.10 Å². The van der Waals surface area contributed by atoms with Gasteiger partial charge in [-0.1, -0.05) is 42.5 Å². The Morgan fingerprint density at radius 2 is 1.93 bits per heavy atom. The van der Waals surface area contributed by atoms with E-state index in [1.54, 1.807) is 36.3 Å². The van der Waals surface area contributed by atoms with Crippen molar-refractivity contribution in [2.24, 2.45) is 0 Å². The number of aromatic nitrogens is 2. The first-order chi connectivity index (χ1) is 13.2. The van der Waals surface area contributed by atoms with Crippen molar-refractivity contribution in [3.05, 3.63) is 71.5 Å². The summed E-state index contributed by atoms with van der Waals surface area (Å²) in [6.07, 6.45) is -0.520. The zero-order valence-corrected chi connectivity index (χ0v) is 15.1. The predicted octanol–water partition coefficient (Wildman–Crippen LogP) is 2.70. The van der Waals surface area contributed by atoms with Crippen LogP contribution >= 0.6 is 0 Å². The maximum Gasteiger partial charge on any atom is 0.256 e. The molecule has 138 valence electrons. The van der Waals surface area contributed by atoms with Gasteiger partial charge in [-0.25, -0.2) is 4.98 Å². The van der Waals surface area contributed by atoms with E-state index in [9.17, 15) is 9.90 Å². The molecule has 6 nitrogen and oxygen atoms in total. The molecule has 3 aromatic rings. The second kappa shape index (κ2) is 7.25. The largest absolute Gasteiger partial charge is 0.497 e. The average molecular weight is 363 g/mol. The van der Waals surface area contributed by atoms with Gasteiger partial charge in [-0.15, -0.1) is 0 Å². The van der Waals surface area contributed by atoms with Gasteiger partial charge in [-0.3, -0.25) is 4.79 Å². The SMILES string of the molecule is COc1ccc(C(O)C(=O)N2CCc3nc(-c4ccccc4)[nH]c3C2)cc1. The second-order valence-corrected chi connectivity index (χ2v) is 6.56. The first kappa shape index (κ1) is 17.3. The molecule has 0 fully saturated rings. The van der Waals surface area contributed by atoms with E-state index in [4.69, 9.17) is 4.74 Å². The number of carbonyl (C=O) groups excluding carboxylic acids is 1. The fraction of sp³-hybridized carbons (Fsp3) is 0.238. The lowest BCUT2D eigenvalue weighted by Gasteiger charge is -2.28. The summed E-state index contributed by atoms with van der Waals surface area (Å²) < 4.78 is 5.12. The molecule has 4 rings (SSSR count). The Kier molecular flexibility index (Phi) is 4.64. The van der Waals surface area contributed by atoms with Crippen LogP contribution in [0.2, 0.25) is 0 Å². The van der Waals surface area contributed by atoms with E-state index in [1.807, 2.05) is 30.3 Å². The lowest BCUT2D eigenvalue weighted by molar-refractivity contribution is -0.141. The number of ether oxygens (including phenoxy) is 1. The normalized spacial score (nSPS) is 14.5. The molecular formula is C21H21N3O3. The van der Waals surface area contributed by atoms with Gasteiger partial charge in [0.25, 0.3) is 5.91 Å². The van der Waals surface area contributed by atoms with Crippen molar-refractivity contribution in [2.45, 2.75) is 19.1 Å². The predicted molar refractivity (Wildman–Crippen MR) is 101 cm³/mol. The molecule has 1 amide bonds.